The first-order valence-electron chi connectivity index (χ1n) is 11.6. The normalized spacial score (nSPS) is 12.1. The Hall–Kier alpha value is -4.02. The highest BCUT2D eigenvalue weighted by Crippen LogP contribution is 2.26. The van der Waals surface area contributed by atoms with Crippen LogP contribution in [0, 0.1) is 0 Å². The monoisotopic (exact) mass is 518 g/mol. The molecule has 8 nitrogen and oxygen atoms in total. The lowest BCUT2D eigenvalue weighted by Crippen LogP contribution is -2.45. The number of nitrogens with zero attached hydrogens (tertiary/aromatic N) is 3. The first-order chi connectivity index (χ1) is 17.6. The number of phenols is 1. The number of hydrogen-bond donors (Lipinski definition) is 2. The molecule has 0 fully saturated rings. The largest absolute Gasteiger partial charge is 0.508 e. The van der Waals surface area contributed by atoms with E-state index < -0.39 is 37.0 Å². The van der Waals surface area contributed by atoms with Gasteiger partial charge in [0.15, 0.2) is 6.04 Å². The van der Waals surface area contributed by atoms with E-state index >= 15 is 0 Å². The molecule has 1 aromatic heterocycles. The van der Waals surface area contributed by atoms with Gasteiger partial charge >= 0.3 is 6.18 Å². The fraction of sp³-hybridized carbons (Fsp3) is 0.346. The Morgan fingerprint density at radius 3 is 2.32 bits per heavy atom. The maximum Gasteiger partial charge on any atom is 0.390 e. The second-order valence-corrected chi connectivity index (χ2v) is 8.55. The Bertz CT molecular complexity index is 1180. The van der Waals surface area contributed by atoms with E-state index in [0.717, 1.165) is 16.0 Å². The number of aryl methyl sites for hydroxylation is 2. The van der Waals surface area contributed by atoms with Gasteiger partial charge in [0.25, 0.3) is 0 Å². The Morgan fingerprint density at radius 1 is 1.11 bits per heavy atom. The van der Waals surface area contributed by atoms with E-state index in [4.69, 9.17) is 4.74 Å². The van der Waals surface area contributed by atoms with Crippen LogP contribution in [0.15, 0.2) is 61.1 Å². The first-order valence-corrected chi connectivity index (χ1v) is 11.6. The van der Waals surface area contributed by atoms with Crippen molar-refractivity contribution in [3.8, 4) is 11.5 Å². The van der Waals surface area contributed by atoms with Crippen LogP contribution in [0.25, 0.3) is 0 Å². The molecular formula is C26H29F3N4O4. The fourth-order valence-electron chi connectivity index (χ4n) is 3.74. The lowest BCUT2D eigenvalue weighted by molar-refractivity contribution is -0.152. The standard InChI is InChI=1S/C26H29F3N4O4/c1-32-16-22(31-17-32)24(25(36)30-15-19-5-10-21(37-2)11-6-19)33(14-13-26(27,28)29)23(35)12-7-18-3-8-20(34)9-4-18/h3-6,8-11,16-17,24,34H,7,12-15H2,1-2H3,(H,30,36). The third-order valence-electron chi connectivity index (χ3n) is 5.71. The topological polar surface area (TPSA) is 96.7 Å². The van der Waals surface area contributed by atoms with Crippen molar-refractivity contribution >= 4 is 11.8 Å². The molecule has 37 heavy (non-hydrogen) atoms. The average molecular weight is 519 g/mol. The molecule has 198 valence electrons. The molecule has 1 atom stereocenters. The Morgan fingerprint density at radius 2 is 1.76 bits per heavy atom. The number of carbonyl (C=O) groups is 2. The molecule has 0 aliphatic rings. The molecule has 1 heterocycles. The van der Waals surface area contributed by atoms with Crippen LogP contribution in [0.5, 0.6) is 11.5 Å². The summed E-state index contributed by atoms with van der Waals surface area (Å²) in [6, 6.07) is 11.8. The van der Waals surface area contributed by atoms with Gasteiger partial charge in [0.1, 0.15) is 11.5 Å². The zero-order valence-corrected chi connectivity index (χ0v) is 20.5. The lowest BCUT2D eigenvalue weighted by atomic mass is 10.1. The van der Waals surface area contributed by atoms with E-state index in [1.807, 2.05) is 0 Å². The number of halogens is 3. The SMILES string of the molecule is COc1ccc(CNC(=O)C(c2cn(C)cn2)N(CCC(F)(F)F)C(=O)CCc2ccc(O)cc2)cc1. The summed E-state index contributed by atoms with van der Waals surface area (Å²) in [5.74, 6) is -0.563. The predicted octanol–water partition coefficient (Wildman–Crippen LogP) is 3.91. The van der Waals surface area contributed by atoms with Crippen LogP contribution in [-0.4, -0.2) is 51.2 Å². The van der Waals surface area contributed by atoms with Crippen molar-refractivity contribution < 1.29 is 32.6 Å². The van der Waals surface area contributed by atoms with Gasteiger partial charge in [0.05, 0.1) is 25.6 Å². The predicted molar refractivity (Wildman–Crippen MR) is 130 cm³/mol. The molecule has 0 spiro atoms. The summed E-state index contributed by atoms with van der Waals surface area (Å²) >= 11 is 0. The van der Waals surface area contributed by atoms with Gasteiger partial charge in [-0.2, -0.15) is 13.2 Å². The van der Waals surface area contributed by atoms with Crippen molar-refractivity contribution in [2.75, 3.05) is 13.7 Å². The number of methoxy groups -OCH3 is 1. The van der Waals surface area contributed by atoms with Crippen LogP contribution in [0.2, 0.25) is 0 Å². The number of rotatable bonds is 11. The highest BCUT2D eigenvalue weighted by atomic mass is 19.4. The van der Waals surface area contributed by atoms with Crippen molar-refractivity contribution in [2.45, 2.75) is 38.0 Å². The summed E-state index contributed by atoms with van der Waals surface area (Å²) in [6.45, 7) is -0.601. The van der Waals surface area contributed by atoms with E-state index in [1.165, 1.54) is 31.8 Å². The van der Waals surface area contributed by atoms with Gasteiger partial charge in [-0.3, -0.25) is 9.59 Å². The van der Waals surface area contributed by atoms with Crippen LogP contribution in [0.1, 0.15) is 35.7 Å². The van der Waals surface area contributed by atoms with Crippen LogP contribution in [0.4, 0.5) is 13.2 Å². The summed E-state index contributed by atoms with van der Waals surface area (Å²) < 4.78 is 46.2. The van der Waals surface area contributed by atoms with E-state index in [-0.39, 0.29) is 30.8 Å². The Kier molecular flexibility index (Phi) is 9.15. The van der Waals surface area contributed by atoms with Crippen molar-refractivity contribution in [1.82, 2.24) is 19.8 Å². The first kappa shape index (κ1) is 27.6. The van der Waals surface area contributed by atoms with Gasteiger partial charge < -0.3 is 24.6 Å². The molecule has 3 aromatic rings. The van der Waals surface area contributed by atoms with Crippen molar-refractivity contribution in [3.63, 3.8) is 0 Å². The van der Waals surface area contributed by atoms with Crippen molar-refractivity contribution in [3.05, 3.63) is 77.9 Å². The molecule has 11 heteroatoms. The second kappa shape index (κ2) is 12.3. The van der Waals surface area contributed by atoms with Gasteiger partial charge in [0.2, 0.25) is 11.8 Å². The second-order valence-electron chi connectivity index (χ2n) is 8.55. The number of hydrogen-bond acceptors (Lipinski definition) is 5. The third-order valence-corrected chi connectivity index (χ3v) is 5.71. The van der Waals surface area contributed by atoms with Gasteiger partial charge in [-0.1, -0.05) is 24.3 Å². The molecule has 2 aromatic carbocycles. The number of benzene rings is 2. The minimum absolute atomic E-state index is 0.0608. The van der Waals surface area contributed by atoms with E-state index in [2.05, 4.69) is 10.3 Å². The number of amides is 2. The molecule has 0 saturated carbocycles. The minimum atomic E-state index is -4.52. The van der Waals surface area contributed by atoms with Gasteiger partial charge in [-0.25, -0.2) is 4.98 Å². The zero-order chi connectivity index (χ0) is 27.0. The molecule has 0 aliphatic carbocycles. The molecule has 0 radical (unpaired) electrons. The van der Waals surface area contributed by atoms with Crippen molar-refractivity contribution in [2.24, 2.45) is 7.05 Å². The van der Waals surface area contributed by atoms with Crippen LogP contribution in [0.3, 0.4) is 0 Å². The summed E-state index contributed by atoms with van der Waals surface area (Å²) in [6.07, 6.45) is -2.77. The molecule has 0 bridgehead atoms. The fourth-order valence-corrected chi connectivity index (χ4v) is 3.74. The highest BCUT2D eigenvalue weighted by Gasteiger charge is 2.36. The average Bonchev–Trinajstić information content (AvgIpc) is 3.29. The van der Waals surface area contributed by atoms with Gasteiger partial charge in [0, 0.05) is 32.8 Å². The zero-order valence-electron chi connectivity index (χ0n) is 20.5. The molecular weight excluding hydrogens is 489 g/mol. The van der Waals surface area contributed by atoms with Crippen LogP contribution >= 0.6 is 0 Å². The number of phenolic OH excluding ortho intramolecular Hbond substituents is 1. The number of nitrogens with one attached hydrogen (secondary N) is 1. The maximum atomic E-state index is 13.3. The number of aromatic nitrogens is 2. The highest BCUT2D eigenvalue weighted by molar-refractivity contribution is 5.88. The number of ether oxygens (including phenoxy) is 1. The lowest BCUT2D eigenvalue weighted by Gasteiger charge is -2.30. The quantitative estimate of drug-likeness (QED) is 0.401. The smallest absolute Gasteiger partial charge is 0.390 e. The molecule has 2 N–H and O–H groups in total. The van der Waals surface area contributed by atoms with E-state index in [9.17, 15) is 27.9 Å². The summed E-state index contributed by atoms with van der Waals surface area (Å²) in [5, 5.41) is 12.2. The number of imidazole rings is 1. The summed E-state index contributed by atoms with van der Waals surface area (Å²) in [4.78, 5) is 31.7. The number of alkyl halides is 3. The van der Waals surface area contributed by atoms with Gasteiger partial charge in [-0.15, -0.1) is 0 Å². The van der Waals surface area contributed by atoms with E-state index in [1.54, 1.807) is 48.0 Å². The Balaban J connectivity index is 1.83. The summed E-state index contributed by atoms with van der Waals surface area (Å²) in [7, 11) is 3.19. The Labute approximate surface area is 212 Å². The molecule has 1 unspecified atom stereocenters. The van der Waals surface area contributed by atoms with Crippen molar-refractivity contribution in [1.29, 1.82) is 0 Å². The van der Waals surface area contributed by atoms with Crippen LogP contribution in [-0.2, 0) is 29.6 Å². The third kappa shape index (κ3) is 8.26. The van der Waals surface area contributed by atoms with E-state index in [0.29, 0.717) is 5.75 Å². The number of aromatic hydroxyl groups is 1. The van der Waals surface area contributed by atoms with Gasteiger partial charge in [-0.05, 0) is 41.8 Å². The molecule has 0 saturated heterocycles. The van der Waals surface area contributed by atoms with Crippen LogP contribution < -0.4 is 10.1 Å². The molecule has 2 amide bonds. The minimum Gasteiger partial charge on any atom is -0.508 e. The maximum absolute atomic E-state index is 13.3. The molecule has 3 rings (SSSR count). The molecule has 0 aliphatic heterocycles. The summed E-state index contributed by atoms with van der Waals surface area (Å²) in [5.41, 5.74) is 1.63. The number of carbonyl (C=O) groups excluding carboxylic acids is 2.